The molecule has 0 atom stereocenters. The van der Waals surface area contributed by atoms with Gasteiger partial charge in [0.25, 0.3) is 5.91 Å². The van der Waals surface area contributed by atoms with E-state index in [9.17, 15) is 14.0 Å². The van der Waals surface area contributed by atoms with Crippen molar-refractivity contribution >= 4 is 17.4 Å². The Morgan fingerprint density at radius 2 is 1.58 bits per heavy atom. The van der Waals surface area contributed by atoms with Crippen LogP contribution in [0, 0.1) is 5.82 Å². The summed E-state index contributed by atoms with van der Waals surface area (Å²) in [4.78, 5) is 23.4. The van der Waals surface area contributed by atoms with Crippen LogP contribution in [0.2, 0.25) is 0 Å². The highest BCUT2D eigenvalue weighted by molar-refractivity contribution is 6.02. The monoisotopic (exact) mass is 323 g/mol. The third kappa shape index (κ3) is 3.41. The second-order valence-electron chi connectivity index (χ2n) is 5.26. The van der Waals surface area contributed by atoms with Crippen LogP contribution in [0.1, 0.15) is 27.8 Å². The van der Waals surface area contributed by atoms with Crippen molar-refractivity contribution in [1.82, 2.24) is 0 Å². The van der Waals surface area contributed by atoms with Gasteiger partial charge in [0.15, 0.2) is 11.5 Å². The second-order valence-corrected chi connectivity index (χ2v) is 5.26. The van der Waals surface area contributed by atoms with Crippen LogP contribution in [0.5, 0.6) is 0 Å². The number of benzene rings is 2. The summed E-state index contributed by atoms with van der Waals surface area (Å²) in [6, 6.07) is 15.6. The summed E-state index contributed by atoms with van der Waals surface area (Å²) < 4.78 is 18.4. The number of furan rings is 1. The van der Waals surface area contributed by atoms with E-state index < -0.39 is 5.91 Å². The van der Waals surface area contributed by atoms with Crippen LogP contribution in [-0.4, -0.2) is 11.7 Å². The zero-order chi connectivity index (χ0) is 17.1. The Morgan fingerprint density at radius 1 is 0.917 bits per heavy atom. The standard InChI is InChI=1S/C19H14FNO3/c1-12(22)13-2-4-14(5-3-13)17-10-11-18(24-17)19(23)21-16-8-6-15(20)7-9-16/h2-11H,1H3,(H,21,23). The van der Waals surface area contributed by atoms with Gasteiger partial charge in [-0.3, -0.25) is 9.59 Å². The van der Waals surface area contributed by atoms with E-state index in [0.29, 0.717) is 17.0 Å². The number of amides is 1. The molecule has 3 rings (SSSR count). The lowest BCUT2D eigenvalue weighted by atomic mass is 10.1. The maximum Gasteiger partial charge on any atom is 0.291 e. The number of carbonyl (C=O) groups excluding carboxylic acids is 2. The number of hydrogen-bond donors (Lipinski definition) is 1. The van der Waals surface area contributed by atoms with E-state index in [2.05, 4.69) is 5.32 Å². The number of rotatable bonds is 4. The van der Waals surface area contributed by atoms with Crippen molar-refractivity contribution < 1.29 is 18.4 Å². The zero-order valence-corrected chi connectivity index (χ0v) is 12.9. The van der Waals surface area contributed by atoms with Crippen molar-refractivity contribution in [3.63, 3.8) is 0 Å². The van der Waals surface area contributed by atoms with Gasteiger partial charge >= 0.3 is 0 Å². The Labute approximate surface area is 137 Å². The molecule has 0 aliphatic carbocycles. The van der Waals surface area contributed by atoms with Gasteiger partial charge in [0.1, 0.15) is 11.6 Å². The van der Waals surface area contributed by atoms with E-state index in [-0.39, 0.29) is 17.4 Å². The molecule has 0 fully saturated rings. The first-order chi connectivity index (χ1) is 11.5. The molecule has 5 heteroatoms. The Kier molecular flexibility index (Phi) is 4.24. The SMILES string of the molecule is CC(=O)c1ccc(-c2ccc(C(=O)Nc3ccc(F)cc3)o2)cc1. The van der Waals surface area contributed by atoms with Crippen LogP contribution in [0.25, 0.3) is 11.3 Å². The summed E-state index contributed by atoms with van der Waals surface area (Å²) in [5, 5.41) is 2.63. The fourth-order valence-corrected chi connectivity index (χ4v) is 2.21. The normalized spacial score (nSPS) is 10.4. The Bertz CT molecular complexity index is 880. The minimum Gasteiger partial charge on any atom is -0.451 e. The van der Waals surface area contributed by atoms with Crippen LogP contribution in [0.3, 0.4) is 0 Å². The van der Waals surface area contributed by atoms with Crippen LogP contribution in [0.15, 0.2) is 65.1 Å². The first-order valence-corrected chi connectivity index (χ1v) is 7.31. The predicted molar refractivity (Wildman–Crippen MR) is 88.5 cm³/mol. The summed E-state index contributed by atoms with van der Waals surface area (Å²) in [5.74, 6) is -0.143. The number of carbonyl (C=O) groups is 2. The van der Waals surface area contributed by atoms with Crippen LogP contribution in [0.4, 0.5) is 10.1 Å². The highest BCUT2D eigenvalue weighted by Gasteiger charge is 2.13. The summed E-state index contributed by atoms with van der Waals surface area (Å²) in [6.45, 7) is 1.50. The number of Topliss-reactive ketones (excluding diaryl/α,β-unsaturated/α-hetero) is 1. The van der Waals surface area contributed by atoms with Crippen molar-refractivity contribution in [2.24, 2.45) is 0 Å². The van der Waals surface area contributed by atoms with Crippen molar-refractivity contribution in [1.29, 1.82) is 0 Å². The third-order valence-corrected chi connectivity index (χ3v) is 3.51. The molecule has 1 amide bonds. The zero-order valence-electron chi connectivity index (χ0n) is 12.9. The lowest BCUT2D eigenvalue weighted by molar-refractivity contribution is 0.0994. The van der Waals surface area contributed by atoms with E-state index in [4.69, 9.17) is 4.42 Å². The van der Waals surface area contributed by atoms with Gasteiger partial charge in [-0.25, -0.2) is 4.39 Å². The number of nitrogens with one attached hydrogen (secondary N) is 1. The van der Waals surface area contributed by atoms with E-state index in [1.54, 1.807) is 36.4 Å². The number of halogens is 1. The smallest absolute Gasteiger partial charge is 0.291 e. The minimum atomic E-state index is -0.423. The summed E-state index contributed by atoms with van der Waals surface area (Å²) >= 11 is 0. The Balaban J connectivity index is 1.75. The quantitative estimate of drug-likeness (QED) is 0.717. The average Bonchev–Trinajstić information content (AvgIpc) is 3.07. The number of ketones is 1. The molecule has 0 saturated carbocycles. The largest absolute Gasteiger partial charge is 0.451 e. The van der Waals surface area contributed by atoms with Crippen LogP contribution >= 0.6 is 0 Å². The van der Waals surface area contributed by atoms with Crippen molar-refractivity contribution in [2.45, 2.75) is 6.92 Å². The van der Waals surface area contributed by atoms with Gasteiger partial charge in [0.05, 0.1) is 0 Å². The summed E-state index contributed by atoms with van der Waals surface area (Å²) in [7, 11) is 0. The van der Waals surface area contributed by atoms with E-state index in [1.165, 1.54) is 31.2 Å². The molecule has 4 nitrogen and oxygen atoms in total. The first kappa shape index (κ1) is 15.7. The lowest BCUT2D eigenvalue weighted by Crippen LogP contribution is -2.10. The van der Waals surface area contributed by atoms with Gasteiger partial charge in [0.2, 0.25) is 0 Å². The van der Waals surface area contributed by atoms with E-state index in [1.807, 2.05) is 0 Å². The molecule has 120 valence electrons. The van der Waals surface area contributed by atoms with Crippen molar-refractivity contribution in [3.05, 3.63) is 77.8 Å². The molecule has 0 aliphatic heterocycles. The maximum absolute atomic E-state index is 12.9. The number of anilines is 1. The van der Waals surface area contributed by atoms with E-state index >= 15 is 0 Å². The fourth-order valence-electron chi connectivity index (χ4n) is 2.21. The highest BCUT2D eigenvalue weighted by atomic mass is 19.1. The first-order valence-electron chi connectivity index (χ1n) is 7.31. The maximum atomic E-state index is 12.9. The molecule has 1 heterocycles. The molecule has 0 radical (unpaired) electrons. The Hall–Kier alpha value is -3.21. The molecule has 2 aromatic carbocycles. The number of hydrogen-bond acceptors (Lipinski definition) is 3. The molecule has 1 aromatic heterocycles. The minimum absolute atomic E-state index is 0.0136. The molecule has 1 N–H and O–H groups in total. The molecule has 0 bridgehead atoms. The molecular formula is C19H14FNO3. The van der Waals surface area contributed by atoms with Gasteiger partial charge in [-0.2, -0.15) is 0 Å². The van der Waals surface area contributed by atoms with Gasteiger partial charge in [-0.15, -0.1) is 0 Å². The molecule has 0 saturated heterocycles. The van der Waals surface area contributed by atoms with Crippen molar-refractivity contribution in [2.75, 3.05) is 5.32 Å². The van der Waals surface area contributed by atoms with Gasteiger partial charge in [0, 0.05) is 16.8 Å². The van der Waals surface area contributed by atoms with Crippen LogP contribution < -0.4 is 5.32 Å². The fraction of sp³-hybridized carbons (Fsp3) is 0.0526. The molecule has 0 spiro atoms. The topological polar surface area (TPSA) is 59.3 Å². The Morgan fingerprint density at radius 3 is 2.21 bits per heavy atom. The van der Waals surface area contributed by atoms with Crippen LogP contribution in [-0.2, 0) is 0 Å². The summed E-state index contributed by atoms with van der Waals surface area (Å²) in [6.07, 6.45) is 0. The molecular weight excluding hydrogens is 309 g/mol. The highest BCUT2D eigenvalue weighted by Crippen LogP contribution is 2.23. The van der Waals surface area contributed by atoms with E-state index in [0.717, 1.165) is 5.56 Å². The lowest BCUT2D eigenvalue weighted by Gasteiger charge is -2.03. The van der Waals surface area contributed by atoms with Gasteiger partial charge in [-0.1, -0.05) is 24.3 Å². The summed E-state index contributed by atoms with van der Waals surface area (Å²) in [5.41, 5.74) is 1.85. The molecule has 3 aromatic rings. The molecule has 24 heavy (non-hydrogen) atoms. The second kappa shape index (κ2) is 6.50. The molecule has 0 aliphatic rings. The predicted octanol–water partition coefficient (Wildman–Crippen LogP) is 4.54. The average molecular weight is 323 g/mol. The van der Waals surface area contributed by atoms with Crippen molar-refractivity contribution in [3.8, 4) is 11.3 Å². The van der Waals surface area contributed by atoms with Gasteiger partial charge < -0.3 is 9.73 Å². The van der Waals surface area contributed by atoms with Gasteiger partial charge in [-0.05, 0) is 43.3 Å². The molecule has 0 unspecified atom stereocenters. The third-order valence-electron chi connectivity index (χ3n) is 3.51.